The Hall–Kier alpha value is -2.04. The van der Waals surface area contributed by atoms with Gasteiger partial charge in [0.1, 0.15) is 17.5 Å². The summed E-state index contributed by atoms with van der Waals surface area (Å²) in [6.07, 6.45) is 0. The fourth-order valence-corrected chi connectivity index (χ4v) is 1.59. The first kappa shape index (κ1) is 11.4. The Kier molecular flexibility index (Phi) is 2.75. The second kappa shape index (κ2) is 4.08. The minimum absolute atomic E-state index is 0.123. The number of nitrogens with one attached hydrogen (secondary N) is 1. The van der Waals surface area contributed by atoms with Gasteiger partial charge < -0.3 is 4.98 Å². The molecule has 0 aliphatic heterocycles. The molecule has 0 fully saturated rings. The number of aromatic nitrogens is 2. The predicted molar refractivity (Wildman–Crippen MR) is 59.7 cm³/mol. The van der Waals surface area contributed by atoms with E-state index >= 15 is 0 Å². The van der Waals surface area contributed by atoms with Gasteiger partial charge in [-0.1, -0.05) is 0 Å². The molecule has 1 heterocycles. The minimum atomic E-state index is -0.731. The molecule has 88 valence electrons. The van der Waals surface area contributed by atoms with Crippen LogP contribution in [-0.4, -0.2) is 9.97 Å². The maximum absolute atomic E-state index is 13.6. The van der Waals surface area contributed by atoms with Crippen molar-refractivity contribution >= 4 is 0 Å². The summed E-state index contributed by atoms with van der Waals surface area (Å²) in [7, 11) is 0. The highest BCUT2D eigenvalue weighted by molar-refractivity contribution is 5.63. The quantitative estimate of drug-likeness (QED) is 0.826. The van der Waals surface area contributed by atoms with Crippen molar-refractivity contribution in [3.63, 3.8) is 0 Å². The van der Waals surface area contributed by atoms with E-state index in [9.17, 15) is 13.6 Å². The number of hydrogen-bond donors (Lipinski definition) is 1. The van der Waals surface area contributed by atoms with Gasteiger partial charge in [0.2, 0.25) is 0 Å². The van der Waals surface area contributed by atoms with Crippen molar-refractivity contribution in [1.29, 1.82) is 0 Å². The molecule has 0 radical (unpaired) electrons. The van der Waals surface area contributed by atoms with E-state index in [2.05, 4.69) is 9.97 Å². The van der Waals surface area contributed by atoms with Crippen LogP contribution in [0.5, 0.6) is 0 Å². The second-order valence-electron chi connectivity index (χ2n) is 3.75. The molecule has 2 rings (SSSR count). The van der Waals surface area contributed by atoms with Crippen LogP contribution < -0.4 is 5.56 Å². The summed E-state index contributed by atoms with van der Waals surface area (Å²) in [6.45, 7) is 3.15. The summed E-state index contributed by atoms with van der Waals surface area (Å²) < 4.78 is 26.4. The molecule has 0 saturated carbocycles. The number of benzene rings is 1. The number of hydrogen-bond acceptors (Lipinski definition) is 2. The van der Waals surface area contributed by atoms with E-state index in [0.29, 0.717) is 11.4 Å². The Balaban J connectivity index is 2.72. The van der Waals surface area contributed by atoms with Crippen molar-refractivity contribution < 1.29 is 8.78 Å². The summed E-state index contributed by atoms with van der Waals surface area (Å²) in [5, 5.41) is 0. The van der Waals surface area contributed by atoms with E-state index in [1.807, 2.05) is 0 Å². The molecule has 0 bridgehead atoms. The lowest BCUT2D eigenvalue weighted by Gasteiger charge is -2.06. The molecule has 0 spiro atoms. The molecule has 1 N–H and O–H groups in total. The highest BCUT2D eigenvalue weighted by Gasteiger charge is 2.13. The summed E-state index contributed by atoms with van der Waals surface area (Å²) in [5.41, 5.74) is 0.346. The fraction of sp³-hybridized carbons (Fsp3) is 0.167. The molecule has 0 unspecified atom stereocenters. The monoisotopic (exact) mass is 236 g/mol. The van der Waals surface area contributed by atoms with Gasteiger partial charge >= 0.3 is 0 Å². The van der Waals surface area contributed by atoms with Crippen LogP contribution in [0.4, 0.5) is 8.78 Å². The number of H-pyrrole nitrogens is 1. The van der Waals surface area contributed by atoms with Gasteiger partial charge in [0.05, 0.1) is 5.69 Å². The van der Waals surface area contributed by atoms with Crippen LogP contribution in [0.3, 0.4) is 0 Å². The van der Waals surface area contributed by atoms with Crippen molar-refractivity contribution in [3.05, 3.63) is 51.6 Å². The smallest absolute Gasteiger partial charge is 0.254 e. The third-order valence-corrected chi connectivity index (χ3v) is 2.46. The van der Waals surface area contributed by atoms with Gasteiger partial charge in [-0.15, -0.1) is 0 Å². The van der Waals surface area contributed by atoms with Crippen molar-refractivity contribution in [2.45, 2.75) is 13.8 Å². The van der Waals surface area contributed by atoms with Gasteiger partial charge in [-0.25, -0.2) is 13.8 Å². The van der Waals surface area contributed by atoms with Gasteiger partial charge in [-0.3, -0.25) is 4.79 Å². The average molecular weight is 236 g/mol. The minimum Gasteiger partial charge on any atom is -0.311 e. The number of halogens is 2. The molecule has 17 heavy (non-hydrogen) atoms. The SMILES string of the molecule is Cc1nc(-c2ccc(F)cc2F)c(C)c(=O)[nH]1. The average Bonchev–Trinajstić information content (AvgIpc) is 2.24. The third-order valence-electron chi connectivity index (χ3n) is 2.46. The molecule has 0 atom stereocenters. The Labute approximate surface area is 96.2 Å². The van der Waals surface area contributed by atoms with Crippen LogP contribution in [-0.2, 0) is 0 Å². The first-order valence-corrected chi connectivity index (χ1v) is 5.02. The zero-order valence-electron chi connectivity index (χ0n) is 9.34. The number of rotatable bonds is 1. The Morgan fingerprint density at radius 1 is 1.24 bits per heavy atom. The van der Waals surface area contributed by atoms with Crippen LogP contribution >= 0.6 is 0 Å². The van der Waals surface area contributed by atoms with Crippen LogP contribution in [0.15, 0.2) is 23.0 Å². The molecule has 2 aromatic rings. The summed E-state index contributed by atoms with van der Waals surface area (Å²) in [5.74, 6) is -1.00. The van der Waals surface area contributed by atoms with E-state index in [-0.39, 0.29) is 16.8 Å². The first-order chi connectivity index (χ1) is 7.99. The Bertz CT molecular complexity index is 635. The van der Waals surface area contributed by atoms with Gasteiger partial charge in [-0.05, 0) is 26.0 Å². The molecule has 5 heteroatoms. The van der Waals surface area contributed by atoms with Crippen molar-refractivity contribution in [2.24, 2.45) is 0 Å². The maximum atomic E-state index is 13.6. The van der Waals surface area contributed by atoms with E-state index in [4.69, 9.17) is 0 Å². The van der Waals surface area contributed by atoms with Gasteiger partial charge in [0, 0.05) is 17.2 Å². The molecular weight excluding hydrogens is 226 g/mol. The molecule has 1 aromatic heterocycles. The highest BCUT2D eigenvalue weighted by atomic mass is 19.1. The topological polar surface area (TPSA) is 45.8 Å². The summed E-state index contributed by atoms with van der Waals surface area (Å²) in [4.78, 5) is 18.1. The van der Waals surface area contributed by atoms with Gasteiger partial charge in [-0.2, -0.15) is 0 Å². The van der Waals surface area contributed by atoms with Crippen molar-refractivity contribution in [3.8, 4) is 11.3 Å². The standard InChI is InChI=1S/C12H10F2N2O/c1-6-11(15-7(2)16-12(6)17)9-4-3-8(13)5-10(9)14/h3-5H,1-2H3,(H,15,16,17). The van der Waals surface area contributed by atoms with Crippen molar-refractivity contribution in [1.82, 2.24) is 9.97 Å². The lowest BCUT2D eigenvalue weighted by Crippen LogP contribution is -2.14. The second-order valence-corrected chi connectivity index (χ2v) is 3.75. The lowest BCUT2D eigenvalue weighted by molar-refractivity contribution is 0.585. The van der Waals surface area contributed by atoms with Gasteiger partial charge in [0.15, 0.2) is 0 Å². The first-order valence-electron chi connectivity index (χ1n) is 5.02. The Morgan fingerprint density at radius 2 is 1.94 bits per heavy atom. The zero-order chi connectivity index (χ0) is 12.6. The normalized spacial score (nSPS) is 10.6. The van der Waals surface area contributed by atoms with E-state index in [0.717, 1.165) is 12.1 Å². The number of aryl methyl sites for hydroxylation is 1. The summed E-state index contributed by atoms with van der Waals surface area (Å²) >= 11 is 0. The van der Waals surface area contributed by atoms with Crippen LogP contribution in [0.2, 0.25) is 0 Å². The predicted octanol–water partition coefficient (Wildman–Crippen LogP) is 2.33. The van der Waals surface area contributed by atoms with Crippen LogP contribution in [0.1, 0.15) is 11.4 Å². The van der Waals surface area contributed by atoms with Gasteiger partial charge in [0.25, 0.3) is 5.56 Å². The molecule has 0 aliphatic rings. The highest BCUT2D eigenvalue weighted by Crippen LogP contribution is 2.22. The molecule has 0 saturated heterocycles. The maximum Gasteiger partial charge on any atom is 0.254 e. The van der Waals surface area contributed by atoms with Crippen LogP contribution in [0.25, 0.3) is 11.3 Å². The largest absolute Gasteiger partial charge is 0.311 e. The lowest BCUT2D eigenvalue weighted by atomic mass is 10.1. The molecule has 0 amide bonds. The fourth-order valence-electron chi connectivity index (χ4n) is 1.59. The van der Waals surface area contributed by atoms with Crippen LogP contribution in [0, 0.1) is 25.5 Å². The molecule has 0 aliphatic carbocycles. The Morgan fingerprint density at radius 3 is 2.59 bits per heavy atom. The molecule has 3 nitrogen and oxygen atoms in total. The number of nitrogens with zero attached hydrogens (tertiary/aromatic N) is 1. The summed E-state index contributed by atoms with van der Waals surface area (Å²) in [6, 6.07) is 3.18. The van der Waals surface area contributed by atoms with E-state index < -0.39 is 11.6 Å². The third kappa shape index (κ3) is 2.08. The molecule has 1 aromatic carbocycles. The molecular formula is C12H10F2N2O. The van der Waals surface area contributed by atoms with E-state index in [1.54, 1.807) is 13.8 Å². The number of aromatic amines is 1. The zero-order valence-corrected chi connectivity index (χ0v) is 9.34. The van der Waals surface area contributed by atoms with Crippen molar-refractivity contribution in [2.75, 3.05) is 0 Å². The van der Waals surface area contributed by atoms with E-state index in [1.165, 1.54) is 6.07 Å².